The smallest absolute Gasteiger partial charge is 0.266 e. The van der Waals surface area contributed by atoms with Crippen LogP contribution in [0, 0.1) is 6.92 Å². The number of carbonyl (C=O) groups excluding carboxylic acids is 1. The summed E-state index contributed by atoms with van der Waals surface area (Å²) in [6, 6.07) is 10.2. The average molecular weight is 348 g/mol. The molecule has 2 aromatic rings. The van der Waals surface area contributed by atoms with Gasteiger partial charge in [0.05, 0.1) is 23.9 Å². The number of carbonyl (C=O) groups is 1. The van der Waals surface area contributed by atoms with Crippen LogP contribution in [0.15, 0.2) is 30.3 Å². The fourth-order valence-corrected chi connectivity index (χ4v) is 3.43. The minimum atomic E-state index is -0.00147. The number of hydrogen-bond donors (Lipinski definition) is 0. The summed E-state index contributed by atoms with van der Waals surface area (Å²) in [6.07, 6.45) is 0.746. The Balaban J connectivity index is 2.12. The zero-order valence-corrected chi connectivity index (χ0v) is 15.3. The summed E-state index contributed by atoms with van der Waals surface area (Å²) in [5.74, 6) is -0.00147. The zero-order valence-electron chi connectivity index (χ0n) is 14.4. The molecule has 1 aromatic carbocycles. The van der Waals surface area contributed by atoms with Crippen molar-refractivity contribution in [3.8, 4) is 0 Å². The van der Waals surface area contributed by atoms with Gasteiger partial charge < -0.3 is 14.4 Å². The Labute approximate surface area is 147 Å². The highest BCUT2D eigenvalue weighted by atomic mass is 32.1. The van der Waals surface area contributed by atoms with Crippen LogP contribution in [0.5, 0.6) is 0 Å². The van der Waals surface area contributed by atoms with Crippen LogP contribution in [0.3, 0.4) is 0 Å². The summed E-state index contributed by atoms with van der Waals surface area (Å²) >= 11 is 1.47. The molecule has 5 nitrogen and oxygen atoms in total. The van der Waals surface area contributed by atoms with Crippen LogP contribution < -0.4 is 0 Å². The highest BCUT2D eigenvalue weighted by Gasteiger charge is 2.21. The van der Waals surface area contributed by atoms with Crippen LogP contribution in [0.2, 0.25) is 0 Å². The van der Waals surface area contributed by atoms with Crippen LogP contribution in [-0.2, 0) is 15.9 Å². The molecule has 6 heteroatoms. The Morgan fingerprint density at radius 2 is 1.75 bits per heavy atom. The Morgan fingerprint density at radius 3 is 2.33 bits per heavy atom. The largest absolute Gasteiger partial charge is 0.383 e. The van der Waals surface area contributed by atoms with E-state index in [1.807, 2.05) is 25.1 Å². The van der Waals surface area contributed by atoms with Crippen molar-refractivity contribution in [3.63, 3.8) is 0 Å². The van der Waals surface area contributed by atoms with Gasteiger partial charge in [0.1, 0.15) is 4.88 Å². The summed E-state index contributed by atoms with van der Waals surface area (Å²) in [7, 11) is 3.27. The Kier molecular flexibility index (Phi) is 7.36. The van der Waals surface area contributed by atoms with Crippen molar-refractivity contribution in [1.29, 1.82) is 0 Å². The van der Waals surface area contributed by atoms with Gasteiger partial charge in [-0.15, -0.1) is 11.3 Å². The Bertz CT molecular complexity index is 635. The minimum absolute atomic E-state index is 0.00147. The number of rotatable bonds is 9. The normalized spacial score (nSPS) is 10.8. The van der Waals surface area contributed by atoms with Crippen molar-refractivity contribution < 1.29 is 14.3 Å². The van der Waals surface area contributed by atoms with Crippen LogP contribution in [0.1, 0.15) is 25.9 Å². The van der Waals surface area contributed by atoms with E-state index in [-0.39, 0.29) is 5.91 Å². The third kappa shape index (κ3) is 5.12. The molecule has 0 unspecified atom stereocenters. The lowest BCUT2D eigenvalue weighted by Crippen LogP contribution is -2.36. The first-order chi connectivity index (χ1) is 11.7. The summed E-state index contributed by atoms with van der Waals surface area (Å²) in [4.78, 5) is 19.9. The topological polar surface area (TPSA) is 51.7 Å². The van der Waals surface area contributed by atoms with Gasteiger partial charge in [-0.2, -0.15) is 0 Å². The van der Waals surface area contributed by atoms with Gasteiger partial charge in [-0.3, -0.25) is 4.79 Å². The van der Waals surface area contributed by atoms with E-state index in [2.05, 4.69) is 17.1 Å². The molecule has 0 aliphatic heterocycles. The molecule has 0 aliphatic rings. The number of hydrogen-bond acceptors (Lipinski definition) is 5. The molecule has 1 aromatic heterocycles. The van der Waals surface area contributed by atoms with E-state index in [0.717, 1.165) is 17.1 Å². The Morgan fingerprint density at radius 1 is 1.12 bits per heavy atom. The quantitative estimate of drug-likeness (QED) is 0.699. The summed E-state index contributed by atoms with van der Waals surface area (Å²) in [5.41, 5.74) is 1.98. The van der Waals surface area contributed by atoms with Crippen LogP contribution >= 0.6 is 11.3 Å². The highest BCUT2D eigenvalue weighted by molar-refractivity contribution is 7.13. The van der Waals surface area contributed by atoms with Crippen molar-refractivity contribution in [2.24, 2.45) is 0 Å². The maximum Gasteiger partial charge on any atom is 0.266 e. The molecule has 0 aliphatic carbocycles. The fourth-order valence-electron chi connectivity index (χ4n) is 2.36. The first-order valence-corrected chi connectivity index (χ1v) is 8.74. The molecular weight excluding hydrogens is 324 g/mol. The lowest BCUT2D eigenvalue weighted by Gasteiger charge is -2.21. The van der Waals surface area contributed by atoms with Gasteiger partial charge in [0.25, 0.3) is 5.91 Å². The number of benzene rings is 1. The molecule has 1 heterocycles. The SMILES string of the molecule is COCCN(CCOC)C(=O)c1sc(Cc2ccccc2)nc1C. The molecule has 2 rings (SSSR count). The number of ether oxygens (including phenoxy) is 2. The van der Waals surface area contributed by atoms with Crippen molar-refractivity contribution in [2.45, 2.75) is 13.3 Å². The second kappa shape index (κ2) is 9.52. The second-order valence-corrected chi connectivity index (χ2v) is 6.55. The summed E-state index contributed by atoms with van der Waals surface area (Å²) < 4.78 is 10.2. The number of nitrogens with zero attached hydrogens (tertiary/aromatic N) is 2. The van der Waals surface area contributed by atoms with Gasteiger partial charge >= 0.3 is 0 Å². The lowest BCUT2D eigenvalue weighted by atomic mass is 10.2. The predicted octanol–water partition coefficient (Wildman–Crippen LogP) is 2.78. The minimum Gasteiger partial charge on any atom is -0.383 e. The third-order valence-corrected chi connectivity index (χ3v) is 4.80. The third-order valence-electron chi connectivity index (χ3n) is 3.65. The molecule has 0 atom stereocenters. The standard InChI is InChI=1S/C18H24N2O3S/c1-14-17(18(21)20(9-11-22-2)10-12-23-3)24-16(19-14)13-15-7-5-4-6-8-15/h4-8H,9-13H2,1-3H3. The van der Waals surface area contributed by atoms with E-state index in [4.69, 9.17) is 9.47 Å². The molecular formula is C18H24N2O3S. The Hall–Kier alpha value is -1.76. The van der Waals surface area contributed by atoms with Crippen molar-refractivity contribution in [2.75, 3.05) is 40.5 Å². The highest BCUT2D eigenvalue weighted by Crippen LogP contribution is 2.22. The summed E-state index contributed by atoms with van der Waals surface area (Å²) in [5, 5.41) is 0.959. The van der Waals surface area contributed by atoms with E-state index < -0.39 is 0 Å². The van der Waals surface area contributed by atoms with E-state index in [1.165, 1.54) is 16.9 Å². The van der Waals surface area contributed by atoms with Crippen molar-refractivity contribution >= 4 is 17.2 Å². The first-order valence-electron chi connectivity index (χ1n) is 7.93. The van der Waals surface area contributed by atoms with Gasteiger partial charge in [0.2, 0.25) is 0 Å². The molecule has 0 spiro atoms. The van der Waals surface area contributed by atoms with Gasteiger partial charge in [-0.05, 0) is 12.5 Å². The van der Waals surface area contributed by atoms with Gasteiger partial charge in [0.15, 0.2) is 0 Å². The second-order valence-electron chi connectivity index (χ2n) is 5.46. The van der Waals surface area contributed by atoms with Crippen LogP contribution in [0.4, 0.5) is 0 Å². The van der Waals surface area contributed by atoms with Crippen LogP contribution in [-0.4, -0.2) is 56.3 Å². The molecule has 0 bridgehead atoms. The lowest BCUT2D eigenvalue weighted by molar-refractivity contribution is 0.0631. The molecule has 1 amide bonds. The van der Waals surface area contributed by atoms with Crippen LogP contribution in [0.25, 0.3) is 0 Å². The number of aryl methyl sites for hydroxylation is 1. The maximum atomic E-state index is 12.8. The zero-order chi connectivity index (χ0) is 17.4. The van der Waals surface area contributed by atoms with Crippen molar-refractivity contribution in [3.05, 3.63) is 51.5 Å². The molecule has 0 N–H and O–H groups in total. The average Bonchev–Trinajstić information content (AvgIpc) is 2.95. The van der Waals surface area contributed by atoms with Crippen molar-refractivity contribution in [1.82, 2.24) is 9.88 Å². The van der Waals surface area contributed by atoms with E-state index in [0.29, 0.717) is 31.2 Å². The fraction of sp³-hybridized carbons (Fsp3) is 0.444. The number of amides is 1. The first kappa shape index (κ1) is 18.6. The monoisotopic (exact) mass is 348 g/mol. The van der Waals surface area contributed by atoms with Gasteiger partial charge in [0, 0.05) is 33.7 Å². The molecule has 0 radical (unpaired) electrons. The molecule has 130 valence electrons. The number of aromatic nitrogens is 1. The van der Waals surface area contributed by atoms with Gasteiger partial charge in [-0.1, -0.05) is 30.3 Å². The maximum absolute atomic E-state index is 12.8. The molecule has 0 saturated carbocycles. The van der Waals surface area contributed by atoms with Gasteiger partial charge in [-0.25, -0.2) is 4.98 Å². The molecule has 0 saturated heterocycles. The molecule has 0 fully saturated rings. The predicted molar refractivity (Wildman–Crippen MR) is 95.8 cm³/mol. The summed E-state index contributed by atoms with van der Waals surface area (Å²) in [6.45, 7) is 3.99. The molecule has 24 heavy (non-hydrogen) atoms. The van der Waals surface area contributed by atoms with E-state index in [9.17, 15) is 4.79 Å². The number of thiazole rings is 1. The number of methoxy groups -OCH3 is 2. The van der Waals surface area contributed by atoms with E-state index >= 15 is 0 Å². The van der Waals surface area contributed by atoms with E-state index in [1.54, 1.807) is 19.1 Å².